The molecule has 1 aromatic heterocycles. The van der Waals surface area contributed by atoms with Crippen LogP contribution in [0, 0.1) is 0 Å². The van der Waals surface area contributed by atoms with Crippen molar-refractivity contribution < 1.29 is 9.53 Å². The van der Waals surface area contributed by atoms with Crippen molar-refractivity contribution >= 4 is 5.91 Å². The Morgan fingerprint density at radius 2 is 1.78 bits per heavy atom. The van der Waals surface area contributed by atoms with Gasteiger partial charge in [0, 0.05) is 31.5 Å². The van der Waals surface area contributed by atoms with Gasteiger partial charge in [0.2, 0.25) is 0 Å². The quantitative estimate of drug-likeness (QED) is 0.589. The molecule has 0 fully saturated rings. The van der Waals surface area contributed by atoms with Crippen LogP contribution in [0.25, 0.3) is 11.3 Å². The van der Waals surface area contributed by atoms with Gasteiger partial charge in [0.1, 0.15) is 5.69 Å². The first-order valence-corrected chi connectivity index (χ1v) is 9.30. The molecule has 5 heteroatoms. The summed E-state index contributed by atoms with van der Waals surface area (Å²) < 4.78 is 7.14. The van der Waals surface area contributed by atoms with Gasteiger partial charge in [-0.25, -0.2) is 0 Å². The van der Waals surface area contributed by atoms with Gasteiger partial charge in [-0.2, -0.15) is 5.10 Å². The summed E-state index contributed by atoms with van der Waals surface area (Å²) in [4.78, 5) is 12.7. The molecule has 3 rings (SSSR count). The molecule has 0 aliphatic rings. The Morgan fingerprint density at radius 3 is 2.48 bits per heavy atom. The van der Waals surface area contributed by atoms with Crippen LogP contribution in [0.5, 0.6) is 0 Å². The maximum absolute atomic E-state index is 12.7. The maximum atomic E-state index is 12.7. The predicted molar refractivity (Wildman–Crippen MR) is 107 cm³/mol. The minimum absolute atomic E-state index is 0.107. The number of rotatable bonds is 9. The van der Waals surface area contributed by atoms with Gasteiger partial charge in [-0.05, 0) is 18.9 Å². The zero-order valence-electron chi connectivity index (χ0n) is 15.6. The molecule has 1 amide bonds. The largest absolute Gasteiger partial charge is 0.382 e. The van der Waals surface area contributed by atoms with Crippen LogP contribution in [0.3, 0.4) is 0 Å². The highest BCUT2D eigenvalue weighted by atomic mass is 16.5. The van der Waals surface area contributed by atoms with E-state index in [2.05, 4.69) is 22.5 Å². The molecule has 1 heterocycles. The van der Waals surface area contributed by atoms with Crippen molar-refractivity contribution in [2.24, 2.45) is 0 Å². The molecule has 0 bridgehead atoms. The van der Waals surface area contributed by atoms with Crippen molar-refractivity contribution in [2.75, 3.05) is 19.8 Å². The Hall–Kier alpha value is -2.92. The number of ether oxygens (including phenoxy) is 1. The molecular weight excluding hydrogens is 338 g/mol. The van der Waals surface area contributed by atoms with Crippen LogP contribution in [0.15, 0.2) is 66.9 Å². The number of nitrogens with zero attached hydrogens (tertiary/aromatic N) is 2. The van der Waals surface area contributed by atoms with E-state index in [1.807, 2.05) is 66.3 Å². The van der Waals surface area contributed by atoms with Gasteiger partial charge in [0.25, 0.3) is 5.91 Å². The van der Waals surface area contributed by atoms with Gasteiger partial charge in [-0.15, -0.1) is 0 Å². The lowest BCUT2D eigenvalue weighted by atomic mass is 10.1. The van der Waals surface area contributed by atoms with Crippen LogP contribution in [0.1, 0.15) is 29.3 Å². The standard InChI is InChI=1S/C22H25N3O2/c1-2-27-15-9-14-23-22(26)20-17-25(16-18-10-5-3-6-11-18)24-21(20)19-12-7-4-8-13-19/h3-8,10-13,17H,2,9,14-16H2,1H3,(H,23,26). The summed E-state index contributed by atoms with van der Waals surface area (Å²) in [7, 11) is 0. The van der Waals surface area contributed by atoms with E-state index in [9.17, 15) is 4.79 Å². The van der Waals surface area contributed by atoms with Gasteiger partial charge < -0.3 is 10.1 Å². The molecule has 0 unspecified atom stereocenters. The summed E-state index contributed by atoms with van der Waals surface area (Å²) in [6.45, 7) is 4.51. The first-order chi connectivity index (χ1) is 13.3. The second kappa shape index (κ2) is 9.69. The highest BCUT2D eigenvalue weighted by molar-refractivity contribution is 5.99. The molecule has 27 heavy (non-hydrogen) atoms. The molecular formula is C22H25N3O2. The highest BCUT2D eigenvalue weighted by Crippen LogP contribution is 2.22. The van der Waals surface area contributed by atoms with E-state index in [4.69, 9.17) is 4.74 Å². The number of nitrogens with one attached hydrogen (secondary N) is 1. The molecule has 0 saturated carbocycles. The van der Waals surface area contributed by atoms with Crippen LogP contribution in [0.2, 0.25) is 0 Å². The lowest BCUT2D eigenvalue weighted by Gasteiger charge is -2.05. The lowest BCUT2D eigenvalue weighted by Crippen LogP contribution is -2.25. The Balaban J connectivity index is 1.79. The van der Waals surface area contributed by atoms with Crippen LogP contribution >= 0.6 is 0 Å². The van der Waals surface area contributed by atoms with E-state index in [0.29, 0.717) is 37.6 Å². The second-order valence-electron chi connectivity index (χ2n) is 6.25. The van der Waals surface area contributed by atoms with Crippen molar-refractivity contribution in [3.05, 3.63) is 78.0 Å². The summed E-state index contributed by atoms with van der Waals surface area (Å²) >= 11 is 0. The average Bonchev–Trinajstić information content (AvgIpc) is 3.13. The van der Waals surface area contributed by atoms with Gasteiger partial charge in [0.05, 0.1) is 12.1 Å². The van der Waals surface area contributed by atoms with Gasteiger partial charge in [-0.3, -0.25) is 9.48 Å². The number of hydrogen-bond acceptors (Lipinski definition) is 3. The van der Waals surface area contributed by atoms with Gasteiger partial charge >= 0.3 is 0 Å². The molecule has 0 spiro atoms. The molecule has 2 aromatic carbocycles. The van der Waals surface area contributed by atoms with Crippen molar-refractivity contribution in [1.29, 1.82) is 0 Å². The Bertz CT molecular complexity index is 845. The Labute approximate surface area is 160 Å². The lowest BCUT2D eigenvalue weighted by molar-refractivity contribution is 0.0945. The summed E-state index contributed by atoms with van der Waals surface area (Å²) in [6, 6.07) is 19.9. The molecule has 3 aromatic rings. The molecule has 0 aliphatic carbocycles. The minimum Gasteiger partial charge on any atom is -0.382 e. The van der Waals surface area contributed by atoms with Crippen molar-refractivity contribution in [3.8, 4) is 11.3 Å². The maximum Gasteiger partial charge on any atom is 0.255 e. The molecule has 0 radical (unpaired) electrons. The van der Waals surface area contributed by atoms with E-state index in [1.54, 1.807) is 0 Å². The first-order valence-electron chi connectivity index (χ1n) is 9.30. The van der Waals surface area contributed by atoms with E-state index < -0.39 is 0 Å². The summed E-state index contributed by atoms with van der Waals surface area (Å²) in [5.41, 5.74) is 3.37. The third-order valence-corrected chi connectivity index (χ3v) is 4.20. The SMILES string of the molecule is CCOCCCNC(=O)c1cn(Cc2ccccc2)nc1-c1ccccc1. The fourth-order valence-electron chi connectivity index (χ4n) is 2.86. The Morgan fingerprint density at radius 1 is 1.07 bits per heavy atom. The molecule has 1 N–H and O–H groups in total. The molecule has 5 nitrogen and oxygen atoms in total. The summed E-state index contributed by atoms with van der Waals surface area (Å²) in [5, 5.41) is 7.66. The van der Waals surface area contributed by atoms with E-state index in [-0.39, 0.29) is 5.91 Å². The van der Waals surface area contributed by atoms with Crippen LogP contribution in [-0.4, -0.2) is 35.4 Å². The monoisotopic (exact) mass is 363 g/mol. The third-order valence-electron chi connectivity index (χ3n) is 4.20. The fourth-order valence-corrected chi connectivity index (χ4v) is 2.86. The number of aromatic nitrogens is 2. The summed E-state index contributed by atoms with van der Waals surface area (Å²) in [6.07, 6.45) is 2.62. The zero-order valence-corrected chi connectivity index (χ0v) is 15.6. The first kappa shape index (κ1) is 18.9. The molecule has 0 saturated heterocycles. The van der Waals surface area contributed by atoms with Crippen molar-refractivity contribution in [3.63, 3.8) is 0 Å². The van der Waals surface area contributed by atoms with Crippen LogP contribution < -0.4 is 5.32 Å². The normalized spacial score (nSPS) is 10.7. The second-order valence-corrected chi connectivity index (χ2v) is 6.25. The average molecular weight is 363 g/mol. The minimum atomic E-state index is -0.107. The molecule has 140 valence electrons. The van der Waals surface area contributed by atoms with Crippen molar-refractivity contribution in [1.82, 2.24) is 15.1 Å². The van der Waals surface area contributed by atoms with E-state index in [0.717, 1.165) is 17.5 Å². The smallest absolute Gasteiger partial charge is 0.255 e. The topological polar surface area (TPSA) is 56.1 Å². The summed E-state index contributed by atoms with van der Waals surface area (Å²) in [5.74, 6) is -0.107. The van der Waals surface area contributed by atoms with Crippen molar-refractivity contribution in [2.45, 2.75) is 19.9 Å². The zero-order chi connectivity index (χ0) is 18.9. The van der Waals surface area contributed by atoms with Gasteiger partial charge in [-0.1, -0.05) is 60.7 Å². The van der Waals surface area contributed by atoms with Gasteiger partial charge in [0.15, 0.2) is 0 Å². The number of carbonyl (C=O) groups is 1. The molecule has 0 atom stereocenters. The number of benzene rings is 2. The van der Waals surface area contributed by atoms with E-state index in [1.165, 1.54) is 0 Å². The fraction of sp³-hybridized carbons (Fsp3) is 0.273. The van der Waals surface area contributed by atoms with Crippen LogP contribution in [-0.2, 0) is 11.3 Å². The molecule has 0 aliphatic heterocycles. The number of hydrogen-bond donors (Lipinski definition) is 1. The highest BCUT2D eigenvalue weighted by Gasteiger charge is 2.17. The number of carbonyl (C=O) groups excluding carboxylic acids is 1. The third kappa shape index (κ3) is 5.28. The van der Waals surface area contributed by atoms with Crippen LogP contribution in [0.4, 0.5) is 0 Å². The number of amides is 1. The predicted octanol–water partition coefficient (Wildman–Crippen LogP) is 3.75. The van der Waals surface area contributed by atoms with E-state index >= 15 is 0 Å². The Kier molecular flexibility index (Phi) is 6.77.